The quantitative estimate of drug-likeness (QED) is 0.691. The summed E-state index contributed by atoms with van der Waals surface area (Å²) in [5.41, 5.74) is 3.50. The molecule has 2 aromatic rings. The van der Waals surface area contributed by atoms with Crippen LogP contribution in [0.3, 0.4) is 0 Å². The summed E-state index contributed by atoms with van der Waals surface area (Å²) >= 11 is 12.7. The van der Waals surface area contributed by atoms with Crippen LogP contribution in [0, 0.1) is 5.92 Å². The highest BCUT2D eigenvalue weighted by Gasteiger charge is 2.38. The SMILES string of the molecule is COc1ccc2c(c1)[C@@H]1C=CC[C@@H]1[C@@H](c1cccc(Cl)c1Cl)N2. The van der Waals surface area contributed by atoms with Gasteiger partial charge in [0.05, 0.1) is 23.2 Å². The van der Waals surface area contributed by atoms with Gasteiger partial charge in [-0.3, -0.25) is 0 Å². The predicted octanol–water partition coefficient (Wildman–Crippen LogP) is 5.83. The van der Waals surface area contributed by atoms with E-state index in [1.165, 1.54) is 5.56 Å². The van der Waals surface area contributed by atoms with Crippen molar-refractivity contribution >= 4 is 28.9 Å². The number of hydrogen-bond acceptors (Lipinski definition) is 2. The summed E-state index contributed by atoms with van der Waals surface area (Å²) in [7, 11) is 1.70. The number of fused-ring (bicyclic) bond motifs is 3. The van der Waals surface area contributed by atoms with Crippen molar-refractivity contribution in [1.29, 1.82) is 0 Å². The van der Waals surface area contributed by atoms with Crippen molar-refractivity contribution in [2.24, 2.45) is 5.92 Å². The molecule has 1 N–H and O–H groups in total. The summed E-state index contributed by atoms with van der Waals surface area (Å²) in [6.45, 7) is 0. The van der Waals surface area contributed by atoms with Crippen LogP contribution in [0.25, 0.3) is 0 Å². The Morgan fingerprint density at radius 3 is 2.83 bits per heavy atom. The molecule has 2 aliphatic rings. The molecule has 118 valence electrons. The van der Waals surface area contributed by atoms with Gasteiger partial charge in [-0.25, -0.2) is 0 Å². The molecule has 4 rings (SSSR count). The summed E-state index contributed by atoms with van der Waals surface area (Å²) < 4.78 is 5.38. The maximum absolute atomic E-state index is 6.48. The van der Waals surface area contributed by atoms with E-state index in [-0.39, 0.29) is 6.04 Å². The van der Waals surface area contributed by atoms with E-state index in [4.69, 9.17) is 27.9 Å². The van der Waals surface area contributed by atoms with E-state index in [2.05, 4.69) is 35.7 Å². The van der Waals surface area contributed by atoms with Gasteiger partial charge in [0.1, 0.15) is 5.75 Å². The maximum atomic E-state index is 6.48. The van der Waals surface area contributed by atoms with Crippen molar-refractivity contribution in [2.45, 2.75) is 18.4 Å². The second-order valence-electron chi connectivity index (χ2n) is 6.07. The fourth-order valence-electron chi connectivity index (χ4n) is 3.77. The van der Waals surface area contributed by atoms with E-state index in [1.54, 1.807) is 7.11 Å². The topological polar surface area (TPSA) is 21.3 Å². The van der Waals surface area contributed by atoms with Gasteiger partial charge in [0, 0.05) is 11.6 Å². The average Bonchev–Trinajstić information content (AvgIpc) is 3.06. The first kappa shape index (κ1) is 14.9. The molecule has 0 bridgehead atoms. The van der Waals surface area contributed by atoms with Crippen LogP contribution in [0.15, 0.2) is 48.6 Å². The molecule has 1 heterocycles. The Bertz CT molecular complexity index is 787. The molecule has 2 nitrogen and oxygen atoms in total. The number of ether oxygens (including phenoxy) is 1. The van der Waals surface area contributed by atoms with Gasteiger partial charge in [0.15, 0.2) is 0 Å². The van der Waals surface area contributed by atoms with Gasteiger partial charge in [-0.15, -0.1) is 0 Å². The highest BCUT2D eigenvalue weighted by molar-refractivity contribution is 6.42. The Hall–Kier alpha value is -1.64. The monoisotopic (exact) mass is 345 g/mol. The molecule has 0 fully saturated rings. The third kappa shape index (κ3) is 2.41. The van der Waals surface area contributed by atoms with E-state index >= 15 is 0 Å². The molecule has 0 amide bonds. The Kier molecular flexibility index (Phi) is 3.74. The lowest BCUT2D eigenvalue weighted by atomic mass is 9.77. The summed E-state index contributed by atoms with van der Waals surface area (Å²) in [6.07, 6.45) is 5.59. The Labute approximate surface area is 146 Å². The van der Waals surface area contributed by atoms with E-state index in [1.807, 2.05) is 18.2 Å². The van der Waals surface area contributed by atoms with Crippen LogP contribution in [0.5, 0.6) is 5.75 Å². The van der Waals surface area contributed by atoms with Crippen molar-refractivity contribution < 1.29 is 4.74 Å². The van der Waals surface area contributed by atoms with Crippen LogP contribution in [0.1, 0.15) is 29.5 Å². The van der Waals surface area contributed by atoms with Crippen LogP contribution in [0.4, 0.5) is 5.69 Å². The number of methoxy groups -OCH3 is 1. The number of benzene rings is 2. The van der Waals surface area contributed by atoms with Gasteiger partial charge in [-0.1, -0.05) is 47.5 Å². The molecular formula is C19H17Cl2NO. The first-order chi connectivity index (χ1) is 11.2. The van der Waals surface area contributed by atoms with Gasteiger partial charge in [0.25, 0.3) is 0 Å². The zero-order chi connectivity index (χ0) is 16.0. The number of allylic oxidation sites excluding steroid dienone is 2. The fourth-order valence-corrected chi connectivity index (χ4v) is 4.19. The van der Waals surface area contributed by atoms with Crippen molar-refractivity contribution in [3.63, 3.8) is 0 Å². The van der Waals surface area contributed by atoms with Crippen LogP contribution in [-0.2, 0) is 0 Å². The molecule has 0 saturated carbocycles. The third-order valence-corrected chi connectivity index (χ3v) is 5.72. The highest BCUT2D eigenvalue weighted by atomic mass is 35.5. The van der Waals surface area contributed by atoms with Gasteiger partial charge < -0.3 is 10.1 Å². The van der Waals surface area contributed by atoms with Crippen molar-refractivity contribution in [3.05, 3.63) is 69.7 Å². The first-order valence-electron chi connectivity index (χ1n) is 7.74. The van der Waals surface area contributed by atoms with Crippen molar-refractivity contribution in [2.75, 3.05) is 12.4 Å². The van der Waals surface area contributed by atoms with Crippen molar-refractivity contribution in [3.8, 4) is 5.75 Å². The van der Waals surface area contributed by atoms with Crippen LogP contribution < -0.4 is 10.1 Å². The maximum Gasteiger partial charge on any atom is 0.119 e. The molecule has 0 aromatic heterocycles. The van der Waals surface area contributed by atoms with E-state index < -0.39 is 0 Å². The van der Waals surface area contributed by atoms with Gasteiger partial charge in [-0.2, -0.15) is 0 Å². The van der Waals surface area contributed by atoms with E-state index in [0.717, 1.165) is 23.4 Å². The summed E-state index contributed by atoms with van der Waals surface area (Å²) in [5, 5.41) is 4.92. The molecule has 1 aliphatic heterocycles. The number of rotatable bonds is 2. The smallest absolute Gasteiger partial charge is 0.119 e. The summed E-state index contributed by atoms with van der Waals surface area (Å²) in [4.78, 5) is 0. The largest absolute Gasteiger partial charge is 0.497 e. The standard InChI is InChI=1S/C19H17Cl2NO/c1-23-11-8-9-17-15(10-11)12-4-2-5-13(12)19(22-17)14-6-3-7-16(20)18(14)21/h2-4,6-10,12-13,19,22H,5H2,1H3/t12-,13+,19+/m1/s1. The minimum atomic E-state index is 0.155. The van der Waals surface area contributed by atoms with E-state index in [0.29, 0.717) is 21.9 Å². The molecule has 1 aliphatic carbocycles. The first-order valence-corrected chi connectivity index (χ1v) is 8.49. The number of hydrogen-bond donors (Lipinski definition) is 1. The van der Waals surface area contributed by atoms with Crippen LogP contribution in [0.2, 0.25) is 10.0 Å². The lowest BCUT2D eigenvalue weighted by Crippen LogP contribution is -2.29. The lowest BCUT2D eigenvalue weighted by molar-refractivity contribution is 0.405. The normalized spacial score (nSPS) is 24.7. The minimum Gasteiger partial charge on any atom is -0.497 e. The zero-order valence-corrected chi connectivity index (χ0v) is 14.2. The lowest BCUT2D eigenvalue weighted by Gasteiger charge is -2.38. The Balaban J connectivity index is 1.81. The average molecular weight is 346 g/mol. The minimum absolute atomic E-state index is 0.155. The van der Waals surface area contributed by atoms with Crippen molar-refractivity contribution in [1.82, 2.24) is 0 Å². The Morgan fingerprint density at radius 2 is 2.00 bits per heavy atom. The second-order valence-corrected chi connectivity index (χ2v) is 6.86. The number of nitrogens with one attached hydrogen (secondary N) is 1. The molecular weight excluding hydrogens is 329 g/mol. The second kappa shape index (κ2) is 5.77. The summed E-state index contributed by atoms with van der Waals surface area (Å²) in [6, 6.07) is 12.2. The molecule has 0 unspecified atom stereocenters. The zero-order valence-electron chi connectivity index (χ0n) is 12.7. The molecule has 2 aromatic carbocycles. The van der Waals surface area contributed by atoms with E-state index in [9.17, 15) is 0 Å². The van der Waals surface area contributed by atoms with Crippen LogP contribution >= 0.6 is 23.2 Å². The molecule has 0 saturated heterocycles. The Morgan fingerprint density at radius 1 is 1.13 bits per heavy atom. The third-order valence-electron chi connectivity index (χ3n) is 4.89. The van der Waals surface area contributed by atoms with Gasteiger partial charge in [0.2, 0.25) is 0 Å². The molecule has 0 radical (unpaired) electrons. The molecule has 0 spiro atoms. The van der Waals surface area contributed by atoms with Crippen LogP contribution in [-0.4, -0.2) is 7.11 Å². The molecule has 23 heavy (non-hydrogen) atoms. The molecule has 3 atom stereocenters. The summed E-state index contributed by atoms with van der Waals surface area (Å²) in [5.74, 6) is 1.70. The fraction of sp³-hybridized carbons (Fsp3) is 0.263. The predicted molar refractivity (Wildman–Crippen MR) is 95.8 cm³/mol. The number of halogens is 2. The number of anilines is 1. The highest BCUT2D eigenvalue weighted by Crippen LogP contribution is 2.51. The van der Waals surface area contributed by atoms with Gasteiger partial charge >= 0.3 is 0 Å². The molecule has 4 heteroatoms. The van der Waals surface area contributed by atoms with Gasteiger partial charge in [-0.05, 0) is 47.7 Å².